The molecule has 0 aliphatic carbocycles. The Hall–Kier alpha value is -1.75. The molecule has 0 bridgehead atoms. The van der Waals surface area contributed by atoms with Crippen LogP contribution in [0.4, 0.5) is 0 Å². The molecule has 1 aromatic carbocycles. The van der Waals surface area contributed by atoms with E-state index in [0.717, 1.165) is 43.3 Å². The molecule has 0 spiro atoms. The van der Waals surface area contributed by atoms with Gasteiger partial charge >= 0.3 is 0 Å². The van der Waals surface area contributed by atoms with E-state index in [1.165, 1.54) is 5.56 Å². The summed E-state index contributed by atoms with van der Waals surface area (Å²) in [4.78, 5) is 4.28. The minimum Gasteiger partial charge on any atom is -0.488 e. The van der Waals surface area contributed by atoms with Gasteiger partial charge in [-0.2, -0.15) is 0 Å². The first-order valence-electron chi connectivity index (χ1n) is 8.87. The Morgan fingerprint density at radius 3 is 2.88 bits per heavy atom. The van der Waals surface area contributed by atoms with Gasteiger partial charge in [0.05, 0.1) is 13.2 Å². The molecule has 1 saturated heterocycles. The molecule has 2 N–H and O–H groups in total. The average molecular weight is 333 g/mol. The number of guanidine groups is 1. The van der Waals surface area contributed by atoms with Crippen LogP contribution >= 0.6 is 0 Å². The van der Waals surface area contributed by atoms with Gasteiger partial charge in [0.25, 0.3) is 0 Å². The summed E-state index contributed by atoms with van der Waals surface area (Å²) in [6.45, 7) is 9.61. The zero-order chi connectivity index (χ0) is 17.4. The van der Waals surface area contributed by atoms with Crippen molar-refractivity contribution in [2.24, 2.45) is 10.9 Å². The predicted octanol–water partition coefficient (Wildman–Crippen LogP) is 2.87. The normalized spacial score (nSPS) is 18.0. The zero-order valence-corrected chi connectivity index (χ0v) is 15.4. The van der Waals surface area contributed by atoms with E-state index in [0.29, 0.717) is 19.1 Å². The van der Waals surface area contributed by atoms with E-state index in [-0.39, 0.29) is 6.10 Å². The molecule has 5 heteroatoms. The monoisotopic (exact) mass is 333 g/mol. The predicted molar refractivity (Wildman–Crippen MR) is 98.7 cm³/mol. The fourth-order valence-corrected chi connectivity index (χ4v) is 2.58. The molecule has 0 aromatic heterocycles. The maximum absolute atomic E-state index is 6.14. The van der Waals surface area contributed by atoms with E-state index in [1.54, 1.807) is 7.05 Å². The van der Waals surface area contributed by atoms with Crippen LogP contribution in [0, 0.1) is 12.8 Å². The van der Waals surface area contributed by atoms with Gasteiger partial charge in [0.15, 0.2) is 5.96 Å². The van der Waals surface area contributed by atoms with Crippen molar-refractivity contribution in [1.82, 2.24) is 10.6 Å². The van der Waals surface area contributed by atoms with Gasteiger partial charge in [-0.1, -0.05) is 26.0 Å². The van der Waals surface area contributed by atoms with E-state index in [4.69, 9.17) is 9.47 Å². The lowest BCUT2D eigenvalue weighted by Gasteiger charge is -2.18. The fraction of sp³-hybridized carbons (Fsp3) is 0.632. The van der Waals surface area contributed by atoms with Crippen molar-refractivity contribution >= 4 is 5.96 Å². The van der Waals surface area contributed by atoms with Crippen LogP contribution in [-0.2, 0) is 11.3 Å². The van der Waals surface area contributed by atoms with Crippen LogP contribution < -0.4 is 15.4 Å². The van der Waals surface area contributed by atoms with Gasteiger partial charge in [-0.05, 0) is 30.9 Å². The van der Waals surface area contributed by atoms with Crippen LogP contribution in [0.3, 0.4) is 0 Å². The minimum absolute atomic E-state index is 0.161. The molecular formula is C19H31N3O2. The summed E-state index contributed by atoms with van der Waals surface area (Å²) in [6.07, 6.45) is 2.24. The first kappa shape index (κ1) is 18.6. The van der Waals surface area contributed by atoms with Crippen molar-refractivity contribution in [3.05, 3.63) is 29.3 Å². The maximum Gasteiger partial charge on any atom is 0.191 e. The molecule has 134 valence electrons. The fourth-order valence-electron chi connectivity index (χ4n) is 2.58. The highest BCUT2D eigenvalue weighted by Crippen LogP contribution is 2.23. The lowest BCUT2D eigenvalue weighted by atomic mass is 10.1. The summed E-state index contributed by atoms with van der Waals surface area (Å²) >= 11 is 0. The molecule has 0 radical (unpaired) electrons. The second-order valence-electron chi connectivity index (χ2n) is 6.75. The number of ether oxygens (including phenoxy) is 2. The molecule has 2 rings (SSSR count). The van der Waals surface area contributed by atoms with Crippen LogP contribution in [-0.4, -0.2) is 38.9 Å². The van der Waals surface area contributed by atoms with Gasteiger partial charge < -0.3 is 20.1 Å². The summed E-state index contributed by atoms with van der Waals surface area (Å²) in [5.41, 5.74) is 2.34. The average Bonchev–Trinajstić information content (AvgIpc) is 3.05. The maximum atomic E-state index is 6.14. The van der Waals surface area contributed by atoms with Crippen LogP contribution in [0.5, 0.6) is 5.75 Å². The topological polar surface area (TPSA) is 54.9 Å². The van der Waals surface area contributed by atoms with Crippen molar-refractivity contribution in [2.45, 2.75) is 46.3 Å². The molecule has 1 heterocycles. The molecule has 1 atom stereocenters. The number of rotatable bonds is 7. The number of aliphatic imine (C=N–C) groups is 1. The van der Waals surface area contributed by atoms with Crippen LogP contribution in [0.1, 0.15) is 37.8 Å². The standard InChI is InChI=1S/C19H31N3O2/c1-14(2)7-9-21-19(20-4)22-12-16-6-5-15(3)11-18(16)24-17-8-10-23-13-17/h5-6,11,14,17H,7-10,12-13H2,1-4H3,(H2,20,21,22). The Morgan fingerprint density at radius 1 is 1.38 bits per heavy atom. The number of nitrogens with one attached hydrogen (secondary N) is 2. The number of aryl methyl sites for hydroxylation is 1. The number of hydrogen-bond donors (Lipinski definition) is 2. The Bertz CT molecular complexity index is 537. The third-order valence-corrected chi connectivity index (χ3v) is 4.09. The first-order chi connectivity index (χ1) is 11.6. The smallest absolute Gasteiger partial charge is 0.191 e. The van der Waals surface area contributed by atoms with E-state index in [1.807, 2.05) is 0 Å². The molecule has 1 aromatic rings. The van der Waals surface area contributed by atoms with Gasteiger partial charge in [0.2, 0.25) is 0 Å². The third-order valence-electron chi connectivity index (χ3n) is 4.09. The Morgan fingerprint density at radius 2 is 2.21 bits per heavy atom. The summed E-state index contributed by atoms with van der Waals surface area (Å²) in [5.74, 6) is 2.45. The Kier molecular flexibility index (Phi) is 7.37. The number of nitrogens with zero attached hydrogens (tertiary/aromatic N) is 1. The van der Waals surface area contributed by atoms with Crippen molar-refractivity contribution in [1.29, 1.82) is 0 Å². The summed E-state index contributed by atoms with van der Waals surface area (Å²) in [6, 6.07) is 6.34. The van der Waals surface area contributed by atoms with Gasteiger partial charge in [0, 0.05) is 32.1 Å². The van der Waals surface area contributed by atoms with Crippen molar-refractivity contribution < 1.29 is 9.47 Å². The molecule has 5 nitrogen and oxygen atoms in total. The molecule has 1 aliphatic rings. The quantitative estimate of drug-likeness (QED) is 0.595. The molecule has 0 saturated carbocycles. The number of hydrogen-bond acceptors (Lipinski definition) is 3. The van der Waals surface area contributed by atoms with Crippen LogP contribution in [0.25, 0.3) is 0 Å². The zero-order valence-electron chi connectivity index (χ0n) is 15.4. The lowest BCUT2D eigenvalue weighted by Crippen LogP contribution is -2.37. The van der Waals surface area contributed by atoms with Crippen LogP contribution in [0.15, 0.2) is 23.2 Å². The van der Waals surface area contributed by atoms with E-state index >= 15 is 0 Å². The summed E-state index contributed by atoms with van der Waals surface area (Å²) < 4.78 is 11.5. The second kappa shape index (κ2) is 9.52. The van der Waals surface area contributed by atoms with E-state index < -0.39 is 0 Å². The van der Waals surface area contributed by atoms with Gasteiger partial charge in [-0.15, -0.1) is 0 Å². The Labute approximate surface area is 145 Å². The lowest BCUT2D eigenvalue weighted by molar-refractivity contribution is 0.140. The largest absolute Gasteiger partial charge is 0.488 e. The molecular weight excluding hydrogens is 302 g/mol. The molecule has 1 unspecified atom stereocenters. The number of benzene rings is 1. The Balaban J connectivity index is 1.92. The van der Waals surface area contributed by atoms with Crippen molar-refractivity contribution in [2.75, 3.05) is 26.8 Å². The highest BCUT2D eigenvalue weighted by molar-refractivity contribution is 5.79. The molecule has 1 aliphatic heterocycles. The summed E-state index contributed by atoms with van der Waals surface area (Å²) in [5, 5.41) is 6.72. The van der Waals surface area contributed by atoms with Gasteiger partial charge in [-0.3, -0.25) is 4.99 Å². The van der Waals surface area contributed by atoms with Crippen molar-refractivity contribution in [3.8, 4) is 5.75 Å². The van der Waals surface area contributed by atoms with Gasteiger partial charge in [-0.25, -0.2) is 0 Å². The molecule has 0 amide bonds. The van der Waals surface area contributed by atoms with E-state index in [2.05, 4.69) is 54.6 Å². The molecule has 24 heavy (non-hydrogen) atoms. The van der Waals surface area contributed by atoms with Crippen LogP contribution in [0.2, 0.25) is 0 Å². The van der Waals surface area contributed by atoms with Crippen molar-refractivity contribution in [3.63, 3.8) is 0 Å². The van der Waals surface area contributed by atoms with E-state index in [9.17, 15) is 0 Å². The highest BCUT2D eigenvalue weighted by atomic mass is 16.5. The summed E-state index contributed by atoms with van der Waals surface area (Å²) in [7, 11) is 1.80. The second-order valence-corrected chi connectivity index (χ2v) is 6.75. The molecule has 1 fully saturated rings. The minimum atomic E-state index is 0.161. The third kappa shape index (κ3) is 6.04. The highest BCUT2D eigenvalue weighted by Gasteiger charge is 2.18. The SMILES string of the molecule is CN=C(NCCC(C)C)NCc1ccc(C)cc1OC1CCOC1. The van der Waals surface area contributed by atoms with Gasteiger partial charge in [0.1, 0.15) is 11.9 Å². The first-order valence-corrected chi connectivity index (χ1v) is 8.87.